The van der Waals surface area contributed by atoms with Gasteiger partial charge in [-0.25, -0.2) is 0 Å². The number of nitrogens with one attached hydrogen (secondary N) is 1. The molecule has 0 aliphatic carbocycles. The van der Waals surface area contributed by atoms with E-state index in [0.717, 1.165) is 30.8 Å². The fourth-order valence-corrected chi connectivity index (χ4v) is 3.09. The first-order chi connectivity index (χ1) is 9.29. The van der Waals surface area contributed by atoms with Gasteiger partial charge in [-0.3, -0.25) is 0 Å². The SMILES string of the molecule is CCCNC(CCc1cccs1)c1cccc(Cl)c1. The van der Waals surface area contributed by atoms with Crippen LogP contribution < -0.4 is 5.32 Å². The summed E-state index contributed by atoms with van der Waals surface area (Å²) in [5.41, 5.74) is 1.29. The van der Waals surface area contributed by atoms with Gasteiger partial charge in [0.25, 0.3) is 0 Å². The lowest BCUT2D eigenvalue weighted by Crippen LogP contribution is -2.22. The molecule has 102 valence electrons. The molecule has 2 rings (SSSR count). The molecule has 0 aliphatic rings. The number of thiophene rings is 1. The van der Waals surface area contributed by atoms with Gasteiger partial charge in [0.15, 0.2) is 0 Å². The van der Waals surface area contributed by atoms with E-state index in [2.05, 4.69) is 41.9 Å². The van der Waals surface area contributed by atoms with E-state index < -0.39 is 0 Å². The molecule has 0 saturated heterocycles. The molecule has 3 heteroatoms. The zero-order chi connectivity index (χ0) is 13.5. The number of halogens is 1. The van der Waals surface area contributed by atoms with E-state index in [9.17, 15) is 0 Å². The minimum atomic E-state index is 0.390. The van der Waals surface area contributed by atoms with E-state index in [4.69, 9.17) is 11.6 Å². The lowest BCUT2D eigenvalue weighted by molar-refractivity contribution is 0.501. The largest absolute Gasteiger partial charge is 0.310 e. The Labute approximate surface area is 124 Å². The average molecular weight is 294 g/mol. The van der Waals surface area contributed by atoms with Gasteiger partial charge in [-0.2, -0.15) is 0 Å². The van der Waals surface area contributed by atoms with E-state index in [1.807, 2.05) is 23.5 Å². The quantitative estimate of drug-likeness (QED) is 0.751. The first-order valence-corrected chi connectivity index (χ1v) is 8.06. The van der Waals surface area contributed by atoms with Gasteiger partial charge in [0.1, 0.15) is 0 Å². The molecule has 1 N–H and O–H groups in total. The van der Waals surface area contributed by atoms with E-state index in [1.54, 1.807) is 0 Å². The molecule has 19 heavy (non-hydrogen) atoms. The predicted octanol–water partition coefficient (Wildman–Crippen LogP) is 5.08. The van der Waals surface area contributed by atoms with Crippen LogP contribution in [-0.4, -0.2) is 6.54 Å². The molecule has 1 aromatic carbocycles. The second kappa shape index (κ2) is 7.68. The third-order valence-corrected chi connectivity index (χ3v) is 4.32. The Morgan fingerprint density at radius 2 is 2.16 bits per heavy atom. The van der Waals surface area contributed by atoms with Crippen LogP contribution >= 0.6 is 22.9 Å². The van der Waals surface area contributed by atoms with Crippen molar-refractivity contribution < 1.29 is 0 Å². The molecule has 0 spiro atoms. The van der Waals surface area contributed by atoms with Crippen LogP contribution in [0.25, 0.3) is 0 Å². The monoisotopic (exact) mass is 293 g/mol. The highest BCUT2D eigenvalue weighted by atomic mass is 35.5. The predicted molar refractivity (Wildman–Crippen MR) is 85.1 cm³/mol. The molecule has 1 atom stereocenters. The van der Waals surface area contributed by atoms with Crippen LogP contribution in [0.5, 0.6) is 0 Å². The highest BCUT2D eigenvalue weighted by Crippen LogP contribution is 2.23. The molecule has 1 unspecified atom stereocenters. The van der Waals surface area contributed by atoms with Gasteiger partial charge in [-0.1, -0.05) is 36.7 Å². The summed E-state index contributed by atoms with van der Waals surface area (Å²) in [7, 11) is 0. The summed E-state index contributed by atoms with van der Waals surface area (Å²) in [4.78, 5) is 1.45. The molecule has 0 radical (unpaired) electrons. The van der Waals surface area contributed by atoms with Gasteiger partial charge in [0.05, 0.1) is 0 Å². The average Bonchev–Trinajstić information content (AvgIpc) is 2.92. The maximum atomic E-state index is 6.10. The molecule has 2 aromatic rings. The van der Waals surface area contributed by atoms with Crippen molar-refractivity contribution in [2.75, 3.05) is 6.54 Å². The lowest BCUT2D eigenvalue weighted by Gasteiger charge is -2.19. The van der Waals surface area contributed by atoms with E-state index >= 15 is 0 Å². The molecule has 1 heterocycles. The third kappa shape index (κ3) is 4.64. The summed E-state index contributed by atoms with van der Waals surface area (Å²) in [6.45, 7) is 3.24. The first kappa shape index (κ1) is 14.6. The lowest BCUT2D eigenvalue weighted by atomic mass is 10.0. The summed E-state index contributed by atoms with van der Waals surface area (Å²) in [6, 6.07) is 12.9. The highest BCUT2D eigenvalue weighted by Gasteiger charge is 2.11. The molecule has 0 bridgehead atoms. The van der Waals surface area contributed by atoms with Gasteiger partial charge in [-0.15, -0.1) is 11.3 Å². The van der Waals surface area contributed by atoms with Gasteiger partial charge < -0.3 is 5.32 Å². The summed E-state index contributed by atoms with van der Waals surface area (Å²) in [6.07, 6.45) is 3.38. The van der Waals surface area contributed by atoms with Crippen LogP contribution in [0.1, 0.15) is 36.2 Å². The molecule has 0 amide bonds. The molecular weight excluding hydrogens is 274 g/mol. The number of benzene rings is 1. The van der Waals surface area contributed by atoms with Gasteiger partial charge in [0, 0.05) is 15.9 Å². The Kier molecular flexibility index (Phi) is 5.90. The van der Waals surface area contributed by atoms with E-state index in [-0.39, 0.29) is 0 Å². The van der Waals surface area contributed by atoms with Crippen LogP contribution in [0.15, 0.2) is 41.8 Å². The van der Waals surface area contributed by atoms with Crippen LogP contribution in [0.3, 0.4) is 0 Å². The molecule has 0 fully saturated rings. The van der Waals surface area contributed by atoms with Crippen LogP contribution in [0.2, 0.25) is 5.02 Å². The summed E-state index contributed by atoms with van der Waals surface area (Å²) in [5, 5.41) is 6.58. The van der Waals surface area contributed by atoms with Crippen molar-refractivity contribution in [1.82, 2.24) is 5.32 Å². The fraction of sp³-hybridized carbons (Fsp3) is 0.375. The smallest absolute Gasteiger partial charge is 0.0409 e. The van der Waals surface area contributed by atoms with Crippen molar-refractivity contribution in [1.29, 1.82) is 0 Å². The topological polar surface area (TPSA) is 12.0 Å². The summed E-state index contributed by atoms with van der Waals surface area (Å²) < 4.78 is 0. The zero-order valence-corrected chi connectivity index (χ0v) is 12.8. The number of rotatable bonds is 7. The second-order valence-corrected chi connectivity index (χ2v) is 6.15. The Balaban J connectivity index is 2.02. The van der Waals surface area contributed by atoms with Gasteiger partial charge in [0.2, 0.25) is 0 Å². The van der Waals surface area contributed by atoms with Crippen molar-refractivity contribution in [3.63, 3.8) is 0 Å². The van der Waals surface area contributed by atoms with Crippen molar-refractivity contribution in [3.05, 3.63) is 57.2 Å². The third-order valence-electron chi connectivity index (χ3n) is 3.15. The molecule has 0 aliphatic heterocycles. The molecule has 0 saturated carbocycles. The minimum absolute atomic E-state index is 0.390. The Morgan fingerprint density at radius 1 is 1.26 bits per heavy atom. The van der Waals surface area contributed by atoms with Crippen molar-refractivity contribution in [2.24, 2.45) is 0 Å². The highest BCUT2D eigenvalue weighted by molar-refractivity contribution is 7.09. The van der Waals surface area contributed by atoms with Crippen molar-refractivity contribution >= 4 is 22.9 Å². The Bertz CT molecular complexity index is 481. The van der Waals surface area contributed by atoms with Crippen LogP contribution in [0, 0.1) is 0 Å². The standard InChI is InChI=1S/C16H20ClNS/c1-2-10-18-16(9-8-15-7-4-11-19-15)13-5-3-6-14(17)12-13/h3-7,11-12,16,18H,2,8-10H2,1H3. The molecular formula is C16H20ClNS. The van der Waals surface area contributed by atoms with Crippen LogP contribution in [0.4, 0.5) is 0 Å². The fourth-order valence-electron chi connectivity index (χ4n) is 2.17. The minimum Gasteiger partial charge on any atom is -0.310 e. The second-order valence-electron chi connectivity index (χ2n) is 4.68. The molecule has 1 nitrogen and oxygen atoms in total. The summed E-state index contributed by atoms with van der Waals surface area (Å²) in [5.74, 6) is 0. The number of hydrogen-bond acceptors (Lipinski definition) is 2. The van der Waals surface area contributed by atoms with Crippen LogP contribution in [-0.2, 0) is 6.42 Å². The van der Waals surface area contributed by atoms with E-state index in [1.165, 1.54) is 10.4 Å². The number of hydrogen-bond donors (Lipinski definition) is 1. The maximum absolute atomic E-state index is 6.10. The van der Waals surface area contributed by atoms with Gasteiger partial charge >= 0.3 is 0 Å². The first-order valence-electron chi connectivity index (χ1n) is 6.81. The molecule has 1 aromatic heterocycles. The summed E-state index contributed by atoms with van der Waals surface area (Å²) >= 11 is 7.93. The Hall–Kier alpha value is -0.830. The normalized spacial score (nSPS) is 12.5. The maximum Gasteiger partial charge on any atom is 0.0409 e. The zero-order valence-electron chi connectivity index (χ0n) is 11.2. The van der Waals surface area contributed by atoms with E-state index in [0.29, 0.717) is 6.04 Å². The Morgan fingerprint density at radius 3 is 2.84 bits per heavy atom. The van der Waals surface area contributed by atoms with Crippen molar-refractivity contribution in [3.8, 4) is 0 Å². The van der Waals surface area contributed by atoms with Gasteiger partial charge in [-0.05, 0) is 54.9 Å². The number of aryl methyl sites for hydroxylation is 1. The van der Waals surface area contributed by atoms with Crippen molar-refractivity contribution in [2.45, 2.75) is 32.2 Å².